The van der Waals surface area contributed by atoms with E-state index in [0.29, 0.717) is 5.69 Å². The van der Waals surface area contributed by atoms with Crippen LogP contribution in [0.5, 0.6) is 0 Å². The molecule has 0 radical (unpaired) electrons. The van der Waals surface area contributed by atoms with Crippen LogP contribution in [0.4, 0.5) is 16.2 Å². The van der Waals surface area contributed by atoms with Crippen LogP contribution < -0.4 is 10.6 Å². The second-order valence-corrected chi connectivity index (χ2v) is 3.49. The number of aliphatic hydroxyl groups is 1. The Morgan fingerprint density at radius 3 is 2.88 bits per heavy atom. The van der Waals surface area contributed by atoms with Crippen LogP contribution >= 0.6 is 0 Å². The molecule has 0 heterocycles. The Kier molecular flexibility index (Phi) is 4.41. The predicted octanol–water partition coefficient (Wildman–Crippen LogP) is 1.10. The van der Waals surface area contributed by atoms with Gasteiger partial charge in [-0.05, 0) is 13.0 Å². The highest BCUT2D eigenvalue weighted by Gasteiger charge is 2.08. The summed E-state index contributed by atoms with van der Waals surface area (Å²) >= 11 is 0. The van der Waals surface area contributed by atoms with Crippen LogP contribution in [0.2, 0.25) is 0 Å². The fourth-order valence-electron chi connectivity index (χ4n) is 1.11. The molecule has 1 unspecified atom stereocenters. The van der Waals surface area contributed by atoms with Gasteiger partial charge in [-0.1, -0.05) is 6.07 Å². The first-order chi connectivity index (χ1) is 7.99. The molecule has 3 N–H and O–H groups in total. The van der Waals surface area contributed by atoms with Crippen molar-refractivity contribution in [3.63, 3.8) is 0 Å². The molecule has 7 nitrogen and oxygen atoms in total. The van der Waals surface area contributed by atoms with E-state index in [1.807, 2.05) is 0 Å². The molecule has 7 heteroatoms. The molecule has 1 atom stereocenters. The van der Waals surface area contributed by atoms with Gasteiger partial charge in [0.25, 0.3) is 5.69 Å². The van der Waals surface area contributed by atoms with E-state index in [2.05, 4.69) is 10.6 Å². The second-order valence-electron chi connectivity index (χ2n) is 3.49. The van der Waals surface area contributed by atoms with Gasteiger partial charge in [-0.2, -0.15) is 0 Å². The van der Waals surface area contributed by atoms with Crippen LogP contribution in [-0.2, 0) is 0 Å². The van der Waals surface area contributed by atoms with Crippen molar-refractivity contribution in [2.24, 2.45) is 0 Å². The van der Waals surface area contributed by atoms with Gasteiger partial charge in [0.15, 0.2) is 0 Å². The van der Waals surface area contributed by atoms with Gasteiger partial charge in [0.1, 0.15) is 0 Å². The first kappa shape index (κ1) is 12.9. The maximum Gasteiger partial charge on any atom is 0.319 e. The lowest BCUT2D eigenvalue weighted by atomic mass is 10.3. The highest BCUT2D eigenvalue weighted by Crippen LogP contribution is 2.16. The molecule has 92 valence electrons. The average Bonchev–Trinajstić information content (AvgIpc) is 2.26. The summed E-state index contributed by atoms with van der Waals surface area (Å²) in [6.07, 6.45) is -0.647. The zero-order valence-corrected chi connectivity index (χ0v) is 9.21. The SMILES string of the molecule is CC(O)CNC(=O)Nc1cccc([N+](=O)[O-])c1. The molecule has 17 heavy (non-hydrogen) atoms. The van der Waals surface area contributed by atoms with E-state index in [1.54, 1.807) is 0 Å². The molecule has 0 aliphatic heterocycles. The Bertz CT molecular complexity index is 420. The van der Waals surface area contributed by atoms with Crippen molar-refractivity contribution < 1.29 is 14.8 Å². The molecule has 1 aromatic rings. The number of nitro groups is 1. The van der Waals surface area contributed by atoms with E-state index in [4.69, 9.17) is 5.11 Å². The summed E-state index contributed by atoms with van der Waals surface area (Å²) in [6.45, 7) is 1.65. The smallest absolute Gasteiger partial charge is 0.319 e. The van der Waals surface area contributed by atoms with Crippen LogP contribution in [0.1, 0.15) is 6.92 Å². The van der Waals surface area contributed by atoms with Crippen molar-refractivity contribution in [2.75, 3.05) is 11.9 Å². The summed E-state index contributed by atoms with van der Waals surface area (Å²) in [6, 6.07) is 5.07. The number of non-ortho nitro benzene ring substituents is 1. The largest absolute Gasteiger partial charge is 0.392 e. The number of amides is 2. The number of benzene rings is 1. The minimum absolute atomic E-state index is 0.0988. The van der Waals surface area contributed by atoms with E-state index >= 15 is 0 Å². The Morgan fingerprint density at radius 1 is 1.59 bits per heavy atom. The highest BCUT2D eigenvalue weighted by molar-refractivity contribution is 5.89. The maximum atomic E-state index is 11.3. The first-order valence-corrected chi connectivity index (χ1v) is 4.96. The van der Waals surface area contributed by atoms with Crippen molar-refractivity contribution in [3.8, 4) is 0 Å². The number of nitrogens with zero attached hydrogens (tertiary/aromatic N) is 1. The van der Waals surface area contributed by atoms with E-state index in [0.717, 1.165) is 0 Å². The number of nitro benzene ring substituents is 1. The molecule has 0 saturated carbocycles. The minimum Gasteiger partial charge on any atom is -0.392 e. The summed E-state index contributed by atoms with van der Waals surface area (Å²) in [7, 11) is 0. The van der Waals surface area contributed by atoms with E-state index in [1.165, 1.54) is 31.2 Å². The lowest BCUT2D eigenvalue weighted by molar-refractivity contribution is -0.384. The molecule has 0 aliphatic rings. The van der Waals surface area contributed by atoms with Crippen LogP contribution in [-0.4, -0.2) is 28.7 Å². The van der Waals surface area contributed by atoms with Crippen molar-refractivity contribution in [1.82, 2.24) is 5.32 Å². The molecule has 0 bridgehead atoms. The van der Waals surface area contributed by atoms with Crippen LogP contribution in [0.3, 0.4) is 0 Å². The van der Waals surface area contributed by atoms with Gasteiger partial charge >= 0.3 is 6.03 Å². The third-order valence-corrected chi connectivity index (χ3v) is 1.87. The van der Waals surface area contributed by atoms with Gasteiger partial charge in [-0.25, -0.2) is 4.79 Å². The Balaban J connectivity index is 2.59. The fraction of sp³-hybridized carbons (Fsp3) is 0.300. The average molecular weight is 239 g/mol. The van der Waals surface area contributed by atoms with Gasteiger partial charge in [-0.3, -0.25) is 10.1 Å². The quantitative estimate of drug-likeness (QED) is 0.540. The van der Waals surface area contributed by atoms with Gasteiger partial charge in [0.05, 0.1) is 11.0 Å². The van der Waals surface area contributed by atoms with E-state index in [9.17, 15) is 14.9 Å². The second kappa shape index (κ2) is 5.80. The van der Waals surface area contributed by atoms with Gasteiger partial charge in [-0.15, -0.1) is 0 Å². The Hall–Kier alpha value is -2.15. The maximum absolute atomic E-state index is 11.3. The van der Waals surface area contributed by atoms with Gasteiger partial charge < -0.3 is 15.7 Å². The van der Waals surface area contributed by atoms with Crippen molar-refractivity contribution in [1.29, 1.82) is 0 Å². The Labute approximate surface area is 97.6 Å². The third kappa shape index (κ3) is 4.47. The topological polar surface area (TPSA) is 104 Å². The number of nitrogens with one attached hydrogen (secondary N) is 2. The standard InChI is InChI=1S/C10H13N3O4/c1-7(14)6-11-10(15)12-8-3-2-4-9(5-8)13(16)17/h2-5,7,14H,6H2,1H3,(H2,11,12,15). The molecule has 0 saturated heterocycles. The first-order valence-electron chi connectivity index (χ1n) is 4.96. The van der Waals surface area contributed by atoms with Crippen molar-refractivity contribution in [2.45, 2.75) is 13.0 Å². The summed E-state index contributed by atoms with van der Waals surface area (Å²) in [5.41, 5.74) is 0.223. The summed E-state index contributed by atoms with van der Waals surface area (Å²) in [5.74, 6) is 0. The van der Waals surface area contributed by atoms with Crippen LogP contribution in [0.25, 0.3) is 0 Å². The number of anilines is 1. The number of rotatable bonds is 4. The van der Waals surface area contributed by atoms with Crippen molar-refractivity contribution >= 4 is 17.4 Å². The number of hydrogen-bond donors (Lipinski definition) is 3. The fourth-order valence-corrected chi connectivity index (χ4v) is 1.11. The molecule has 1 rings (SSSR count). The number of urea groups is 1. The zero-order valence-electron chi connectivity index (χ0n) is 9.21. The predicted molar refractivity (Wildman–Crippen MR) is 61.8 cm³/mol. The molecular formula is C10H13N3O4. The summed E-state index contributed by atoms with van der Waals surface area (Å²) in [4.78, 5) is 21.3. The molecule has 0 spiro atoms. The molecular weight excluding hydrogens is 226 g/mol. The zero-order chi connectivity index (χ0) is 12.8. The van der Waals surface area contributed by atoms with Gasteiger partial charge in [0, 0.05) is 24.4 Å². The normalized spacial score (nSPS) is 11.6. The lowest BCUT2D eigenvalue weighted by Gasteiger charge is -2.08. The lowest BCUT2D eigenvalue weighted by Crippen LogP contribution is -2.34. The van der Waals surface area contributed by atoms with Gasteiger partial charge in [0.2, 0.25) is 0 Å². The van der Waals surface area contributed by atoms with Crippen molar-refractivity contribution in [3.05, 3.63) is 34.4 Å². The number of aliphatic hydroxyl groups excluding tert-OH is 1. The van der Waals surface area contributed by atoms with Crippen LogP contribution in [0.15, 0.2) is 24.3 Å². The summed E-state index contributed by atoms with van der Waals surface area (Å²) < 4.78 is 0. The van der Waals surface area contributed by atoms with Crippen LogP contribution in [0, 0.1) is 10.1 Å². The molecule has 1 aromatic carbocycles. The van der Waals surface area contributed by atoms with E-state index in [-0.39, 0.29) is 12.2 Å². The monoisotopic (exact) mass is 239 g/mol. The summed E-state index contributed by atoms with van der Waals surface area (Å²) in [5, 5.41) is 24.3. The molecule has 0 fully saturated rings. The number of carbonyl (C=O) groups is 1. The number of carbonyl (C=O) groups excluding carboxylic acids is 1. The molecule has 0 aliphatic carbocycles. The number of hydrogen-bond acceptors (Lipinski definition) is 4. The van der Waals surface area contributed by atoms with E-state index < -0.39 is 17.1 Å². The highest BCUT2D eigenvalue weighted by atomic mass is 16.6. The third-order valence-electron chi connectivity index (χ3n) is 1.87. The molecule has 0 aromatic heterocycles. The minimum atomic E-state index is -0.647. The Morgan fingerprint density at radius 2 is 2.29 bits per heavy atom. The molecule has 2 amide bonds.